The number of aromatic nitrogens is 1. The first-order valence-electron chi connectivity index (χ1n) is 11.2. The molecule has 1 aromatic heterocycles. The van der Waals surface area contributed by atoms with Crippen molar-refractivity contribution in [1.82, 2.24) is 10.3 Å². The molecule has 0 unspecified atom stereocenters. The number of nitrogens with one attached hydrogen (secondary N) is 1. The van der Waals surface area contributed by atoms with E-state index < -0.39 is 0 Å². The Bertz CT molecular complexity index is 943. The van der Waals surface area contributed by atoms with Gasteiger partial charge in [0.05, 0.1) is 5.01 Å². The summed E-state index contributed by atoms with van der Waals surface area (Å²) in [5, 5.41) is 6.38. The van der Waals surface area contributed by atoms with Crippen LogP contribution in [0.5, 0.6) is 0 Å². The van der Waals surface area contributed by atoms with Gasteiger partial charge in [0.1, 0.15) is 0 Å². The van der Waals surface area contributed by atoms with Crippen LogP contribution in [0.1, 0.15) is 48.7 Å². The van der Waals surface area contributed by atoms with Crippen LogP contribution in [-0.2, 0) is 16.6 Å². The molecule has 4 heteroatoms. The number of thiazole rings is 1. The number of nitrogens with zero attached hydrogens (tertiary/aromatic N) is 1. The molecule has 0 bridgehead atoms. The molecule has 1 fully saturated rings. The van der Waals surface area contributed by atoms with Crippen molar-refractivity contribution in [3.63, 3.8) is 0 Å². The number of hydrogen-bond donors (Lipinski definition) is 1. The Labute approximate surface area is 189 Å². The highest BCUT2D eigenvalue weighted by Crippen LogP contribution is 2.59. The molecule has 0 saturated heterocycles. The minimum atomic E-state index is -0.0167. The fraction of sp³-hybridized carbons (Fsp3) is 0.333. The monoisotopic (exact) mass is 430 g/mol. The zero-order chi connectivity index (χ0) is 21.5. The van der Waals surface area contributed by atoms with E-state index in [2.05, 4.69) is 84.0 Å². The smallest absolute Gasteiger partial charge is 0.243 e. The molecule has 0 radical (unpaired) electrons. The van der Waals surface area contributed by atoms with Gasteiger partial charge >= 0.3 is 0 Å². The van der Waals surface area contributed by atoms with Crippen LogP contribution in [-0.4, -0.2) is 16.9 Å². The first-order chi connectivity index (χ1) is 15.2. The Morgan fingerprint density at radius 1 is 1.16 bits per heavy atom. The van der Waals surface area contributed by atoms with Crippen LogP contribution in [0.25, 0.3) is 0 Å². The van der Waals surface area contributed by atoms with Gasteiger partial charge in [0.2, 0.25) is 5.91 Å². The lowest BCUT2D eigenvalue weighted by atomic mass is 9.85. The van der Waals surface area contributed by atoms with Gasteiger partial charge in [-0.15, -0.1) is 11.3 Å². The van der Waals surface area contributed by atoms with Gasteiger partial charge in [0.15, 0.2) is 0 Å². The summed E-state index contributed by atoms with van der Waals surface area (Å²) < 4.78 is 0. The highest BCUT2D eigenvalue weighted by molar-refractivity contribution is 7.09. The van der Waals surface area contributed by atoms with Gasteiger partial charge in [-0.25, -0.2) is 4.98 Å². The van der Waals surface area contributed by atoms with E-state index in [1.54, 1.807) is 17.4 Å². The first-order valence-corrected chi connectivity index (χ1v) is 12.1. The number of allylic oxidation sites excluding steroid dienone is 1. The summed E-state index contributed by atoms with van der Waals surface area (Å²) in [5.74, 6) is 0.357. The Morgan fingerprint density at radius 2 is 1.84 bits per heavy atom. The number of benzene rings is 2. The average Bonchev–Trinajstić information content (AvgIpc) is 3.33. The predicted octanol–water partition coefficient (Wildman–Crippen LogP) is 5.92. The third-order valence-electron chi connectivity index (χ3n) is 6.34. The van der Waals surface area contributed by atoms with Crippen molar-refractivity contribution in [3.05, 3.63) is 101 Å². The fourth-order valence-corrected chi connectivity index (χ4v) is 5.19. The third-order valence-corrected chi connectivity index (χ3v) is 7.18. The first kappa shape index (κ1) is 21.5. The van der Waals surface area contributed by atoms with Gasteiger partial charge in [-0.1, -0.05) is 73.7 Å². The summed E-state index contributed by atoms with van der Waals surface area (Å²) >= 11 is 1.70. The predicted molar refractivity (Wildman–Crippen MR) is 128 cm³/mol. The number of carbonyl (C=O) groups excluding carboxylic acids is 1. The lowest BCUT2D eigenvalue weighted by Gasteiger charge is -2.18. The number of rotatable bonds is 10. The summed E-state index contributed by atoms with van der Waals surface area (Å²) in [5.41, 5.74) is 2.63. The maximum atomic E-state index is 12.6. The zero-order valence-corrected chi connectivity index (χ0v) is 18.9. The Morgan fingerprint density at radius 3 is 2.42 bits per heavy atom. The quantitative estimate of drug-likeness (QED) is 0.406. The molecule has 1 aliphatic carbocycles. The van der Waals surface area contributed by atoms with E-state index in [1.165, 1.54) is 16.1 Å². The molecule has 1 aliphatic rings. The normalized spacial score (nSPS) is 18.0. The van der Waals surface area contributed by atoms with E-state index in [0.717, 1.165) is 32.1 Å². The van der Waals surface area contributed by atoms with E-state index in [9.17, 15) is 4.79 Å². The summed E-state index contributed by atoms with van der Waals surface area (Å²) in [6.07, 6.45) is 10.7. The fourth-order valence-electron chi connectivity index (χ4n) is 4.53. The lowest BCUT2D eigenvalue weighted by Crippen LogP contribution is -2.33. The maximum Gasteiger partial charge on any atom is 0.243 e. The van der Waals surface area contributed by atoms with E-state index >= 15 is 0 Å². The van der Waals surface area contributed by atoms with Crippen molar-refractivity contribution in [2.24, 2.45) is 5.92 Å². The minimum Gasteiger partial charge on any atom is -0.350 e. The van der Waals surface area contributed by atoms with Crippen molar-refractivity contribution in [2.45, 2.75) is 50.5 Å². The van der Waals surface area contributed by atoms with Crippen molar-refractivity contribution in [2.75, 3.05) is 0 Å². The molecule has 0 aliphatic heterocycles. The molecule has 1 N–H and O–H groups in total. The van der Waals surface area contributed by atoms with Crippen LogP contribution in [0.15, 0.2) is 84.4 Å². The second-order valence-electron chi connectivity index (χ2n) is 8.30. The molecule has 2 atom stereocenters. The van der Waals surface area contributed by atoms with Gasteiger partial charge in [0.25, 0.3) is 0 Å². The Balaban J connectivity index is 1.36. The van der Waals surface area contributed by atoms with Crippen LogP contribution in [0.3, 0.4) is 0 Å². The van der Waals surface area contributed by atoms with Gasteiger partial charge in [-0.3, -0.25) is 4.79 Å². The molecule has 1 heterocycles. The van der Waals surface area contributed by atoms with Crippen LogP contribution in [0.4, 0.5) is 0 Å². The van der Waals surface area contributed by atoms with Crippen LogP contribution in [0.2, 0.25) is 0 Å². The number of hydrogen-bond acceptors (Lipinski definition) is 3. The van der Waals surface area contributed by atoms with E-state index in [1.807, 2.05) is 11.6 Å². The highest BCUT2D eigenvalue weighted by atomic mass is 32.1. The standard InChI is InChI=1S/C27H30N2OS/c1-2-24(14-9-15-26-28-18-19-31-26)29-25(30)17-16-23-20-27(23,21-10-5-3-6-11-21)22-12-7-4-8-13-22/h3-8,10-13,16-19,23-24H,2,9,14-15,20H2,1H3,(H,29,30)/t23-,24-/m0/s1. The summed E-state index contributed by atoms with van der Waals surface area (Å²) in [6.45, 7) is 2.13. The topological polar surface area (TPSA) is 42.0 Å². The van der Waals surface area contributed by atoms with Gasteiger partial charge in [-0.05, 0) is 55.2 Å². The maximum absolute atomic E-state index is 12.6. The van der Waals surface area contributed by atoms with Crippen LogP contribution in [0, 0.1) is 5.92 Å². The minimum absolute atomic E-state index is 0.0167. The van der Waals surface area contributed by atoms with Gasteiger partial charge in [-0.2, -0.15) is 0 Å². The summed E-state index contributed by atoms with van der Waals surface area (Å²) in [4.78, 5) is 17.0. The molecule has 31 heavy (non-hydrogen) atoms. The number of amides is 1. The van der Waals surface area contributed by atoms with Crippen molar-refractivity contribution < 1.29 is 4.79 Å². The second-order valence-corrected chi connectivity index (χ2v) is 9.28. The molecule has 3 nitrogen and oxygen atoms in total. The molecular weight excluding hydrogens is 400 g/mol. The van der Waals surface area contributed by atoms with Gasteiger partial charge in [0, 0.05) is 23.0 Å². The average molecular weight is 431 g/mol. The highest BCUT2D eigenvalue weighted by Gasteiger charge is 2.54. The zero-order valence-electron chi connectivity index (χ0n) is 18.0. The molecular formula is C27H30N2OS. The molecule has 4 rings (SSSR count). The molecule has 1 amide bonds. The summed E-state index contributed by atoms with van der Waals surface area (Å²) in [7, 11) is 0. The second kappa shape index (κ2) is 10.1. The van der Waals surface area contributed by atoms with E-state index in [0.29, 0.717) is 5.92 Å². The van der Waals surface area contributed by atoms with Crippen LogP contribution < -0.4 is 5.32 Å². The van der Waals surface area contributed by atoms with Crippen molar-refractivity contribution in [3.8, 4) is 0 Å². The third kappa shape index (κ3) is 5.13. The SMILES string of the molecule is CC[C@@H](CCCc1nccs1)NC(=O)C=C[C@H]1CC1(c1ccccc1)c1ccccc1. The van der Waals surface area contributed by atoms with Crippen molar-refractivity contribution >= 4 is 17.2 Å². The molecule has 3 aromatic rings. The Kier molecular flexibility index (Phi) is 6.98. The Hall–Kier alpha value is -2.72. The van der Waals surface area contributed by atoms with Crippen molar-refractivity contribution in [1.29, 1.82) is 0 Å². The molecule has 1 saturated carbocycles. The van der Waals surface area contributed by atoms with E-state index in [-0.39, 0.29) is 17.4 Å². The number of carbonyl (C=O) groups is 1. The van der Waals surface area contributed by atoms with Crippen LogP contribution >= 0.6 is 11.3 Å². The van der Waals surface area contributed by atoms with E-state index in [4.69, 9.17) is 0 Å². The lowest BCUT2D eigenvalue weighted by molar-refractivity contribution is -0.117. The molecule has 2 aromatic carbocycles. The molecule has 0 spiro atoms. The van der Waals surface area contributed by atoms with Gasteiger partial charge < -0.3 is 5.32 Å². The largest absolute Gasteiger partial charge is 0.350 e. The summed E-state index contributed by atoms with van der Waals surface area (Å²) in [6, 6.07) is 21.5. The number of aryl methyl sites for hydroxylation is 1. The molecule has 160 valence electrons.